The van der Waals surface area contributed by atoms with Crippen LogP contribution in [0.1, 0.15) is 38.2 Å². The van der Waals surface area contributed by atoms with E-state index in [-0.39, 0.29) is 30.8 Å². The van der Waals surface area contributed by atoms with Gasteiger partial charge in [-0.05, 0) is 60.7 Å². The number of carbonyl (C=O) groups excluding carboxylic acids is 2. The number of ether oxygens (including phenoxy) is 1. The maximum Gasteiger partial charge on any atom is 0.309 e. The van der Waals surface area contributed by atoms with Crippen LogP contribution in [-0.4, -0.2) is 44.3 Å². The van der Waals surface area contributed by atoms with Crippen LogP contribution in [0.5, 0.6) is 0 Å². The first-order valence-corrected chi connectivity index (χ1v) is 11.9. The quantitative estimate of drug-likeness (QED) is 0.636. The van der Waals surface area contributed by atoms with Crippen molar-refractivity contribution in [1.82, 2.24) is 4.31 Å². The second-order valence-corrected chi connectivity index (χ2v) is 10.0. The molecule has 0 atom stereocenters. The number of rotatable bonds is 7. The minimum atomic E-state index is -3.75. The number of hydrogen-bond donors (Lipinski definition) is 1. The Kier molecular flexibility index (Phi) is 7.63. The molecule has 0 aromatic heterocycles. The van der Waals surface area contributed by atoms with Gasteiger partial charge in [-0.15, -0.1) is 0 Å². The number of nitrogens with zero attached hydrogens (tertiary/aromatic N) is 1. The van der Waals surface area contributed by atoms with Gasteiger partial charge in [-0.1, -0.05) is 26.0 Å². The largest absolute Gasteiger partial charge is 0.455 e. The number of piperidine rings is 1. The average molecular weight is 463 g/mol. The van der Waals surface area contributed by atoms with Gasteiger partial charge in [0.2, 0.25) is 10.0 Å². The van der Waals surface area contributed by atoms with E-state index in [1.54, 1.807) is 12.1 Å². The topological polar surface area (TPSA) is 92.8 Å². The molecule has 32 heavy (non-hydrogen) atoms. The predicted molar refractivity (Wildman–Crippen MR) is 118 cm³/mol. The highest BCUT2D eigenvalue weighted by molar-refractivity contribution is 7.89. The second kappa shape index (κ2) is 10.2. The molecule has 0 aliphatic carbocycles. The van der Waals surface area contributed by atoms with Gasteiger partial charge in [-0.3, -0.25) is 9.59 Å². The van der Waals surface area contributed by atoms with Crippen LogP contribution in [0.4, 0.5) is 10.1 Å². The molecule has 1 fully saturated rings. The van der Waals surface area contributed by atoms with Gasteiger partial charge in [0, 0.05) is 18.8 Å². The fourth-order valence-electron chi connectivity index (χ4n) is 3.49. The summed E-state index contributed by atoms with van der Waals surface area (Å²) < 4.78 is 44.8. The fourth-order valence-corrected chi connectivity index (χ4v) is 4.96. The number of esters is 1. The molecule has 1 amide bonds. The van der Waals surface area contributed by atoms with Crippen LogP contribution >= 0.6 is 0 Å². The standard InChI is InChI=1S/C23H27FN2O5S/c1-16(2)17-3-7-20(8-4-17)25-22(27)15-31-23(28)18-11-13-26(14-12-18)32(29,30)21-9-5-19(24)6-10-21/h3-10,16,18H,11-15H2,1-2H3,(H,25,27). The van der Waals surface area contributed by atoms with Crippen LogP contribution in [0, 0.1) is 11.7 Å². The van der Waals surface area contributed by atoms with E-state index >= 15 is 0 Å². The van der Waals surface area contributed by atoms with Gasteiger partial charge in [0.15, 0.2) is 6.61 Å². The monoisotopic (exact) mass is 462 g/mol. The van der Waals surface area contributed by atoms with Crippen LogP contribution in [0.15, 0.2) is 53.4 Å². The minimum absolute atomic E-state index is 0.0121. The Bertz CT molecular complexity index is 1040. The van der Waals surface area contributed by atoms with Crippen molar-refractivity contribution in [3.05, 3.63) is 59.9 Å². The van der Waals surface area contributed by atoms with E-state index in [1.807, 2.05) is 12.1 Å². The van der Waals surface area contributed by atoms with Gasteiger partial charge >= 0.3 is 5.97 Å². The molecule has 2 aromatic rings. The zero-order chi connectivity index (χ0) is 23.3. The van der Waals surface area contributed by atoms with Gasteiger partial charge < -0.3 is 10.1 Å². The van der Waals surface area contributed by atoms with E-state index < -0.39 is 40.2 Å². The average Bonchev–Trinajstić information content (AvgIpc) is 2.78. The van der Waals surface area contributed by atoms with Gasteiger partial charge in [-0.25, -0.2) is 12.8 Å². The first-order chi connectivity index (χ1) is 15.2. The summed E-state index contributed by atoms with van der Waals surface area (Å²) in [6, 6.07) is 12.1. The fraction of sp³-hybridized carbons (Fsp3) is 0.391. The van der Waals surface area contributed by atoms with Gasteiger partial charge in [0.05, 0.1) is 10.8 Å². The van der Waals surface area contributed by atoms with Gasteiger partial charge in [0.1, 0.15) is 5.82 Å². The Balaban J connectivity index is 1.46. The third-order valence-electron chi connectivity index (χ3n) is 5.45. The van der Waals surface area contributed by atoms with Crippen LogP contribution in [0.25, 0.3) is 0 Å². The number of hydrogen-bond acceptors (Lipinski definition) is 5. The normalized spacial score (nSPS) is 15.5. The minimum Gasteiger partial charge on any atom is -0.455 e. The number of sulfonamides is 1. The van der Waals surface area contributed by atoms with Crippen molar-refractivity contribution >= 4 is 27.6 Å². The molecular weight excluding hydrogens is 435 g/mol. The molecule has 1 aliphatic rings. The summed E-state index contributed by atoms with van der Waals surface area (Å²) in [5, 5.41) is 2.69. The third kappa shape index (κ3) is 5.92. The molecule has 3 rings (SSSR count). The lowest BCUT2D eigenvalue weighted by Gasteiger charge is -2.30. The van der Waals surface area contributed by atoms with E-state index in [4.69, 9.17) is 4.74 Å². The Hall–Kier alpha value is -2.78. The van der Waals surface area contributed by atoms with E-state index in [0.29, 0.717) is 11.6 Å². The number of halogens is 1. The molecule has 0 radical (unpaired) electrons. The Morgan fingerprint density at radius 2 is 1.66 bits per heavy atom. The molecular formula is C23H27FN2O5S. The van der Waals surface area contributed by atoms with Crippen molar-refractivity contribution in [1.29, 1.82) is 0 Å². The first kappa shape index (κ1) is 23.9. The smallest absolute Gasteiger partial charge is 0.309 e. The van der Waals surface area contributed by atoms with Gasteiger partial charge in [0.25, 0.3) is 5.91 Å². The summed E-state index contributed by atoms with van der Waals surface area (Å²) in [5.74, 6) is -1.56. The summed E-state index contributed by atoms with van der Waals surface area (Å²) in [7, 11) is -3.75. The predicted octanol–water partition coefficient (Wildman–Crippen LogP) is 3.53. The number of amides is 1. The molecule has 0 spiro atoms. The van der Waals surface area contributed by atoms with Crippen molar-refractivity contribution in [3.63, 3.8) is 0 Å². The molecule has 1 aliphatic heterocycles. The van der Waals surface area contributed by atoms with Crippen molar-refractivity contribution < 1.29 is 27.1 Å². The molecule has 1 N–H and O–H groups in total. The summed E-state index contributed by atoms with van der Waals surface area (Å²) in [5.41, 5.74) is 1.77. The summed E-state index contributed by atoms with van der Waals surface area (Å²) in [6.45, 7) is 4.05. The lowest BCUT2D eigenvalue weighted by molar-refractivity contribution is -0.152. The van der Waals surface area contributed by atoms with Gasteiger partial charge in [-0.2, -0.15) is 4.31 Å². The van der Waals surface area contributed by atoms with Crippen molar-refractivity contribution in [2.24, 2.45) is 5.92 Å². The highest BCUT2D eigenvalue weighted by Gasteiger charge is 2.33. The Labute approximate surface area is 187 Å². The molecule has 1 saturated heterocycles. The molecule has 1 heterocycles. The van der Waals surface area contributed by atoms with Crippen LogP contribution in [-0.2, 0) is 24.3 Å². The lowest BCUT2D eigenvalue weighted by Crippen LogP contribution is -2.40. The molecule has 7 nitrogen and oxygen atoms in total. The number of nitrogens with one attached hydrogen (secondary N) is 1. The zero-order valence-corrected chi connectivity index (χ0v) is 18.9. The first-order valence-electron chi connectivity index (χ1n) is 10.5. The third-order valence-corrected chi connectivity index (χ3v) is 7.36. The maximum atomic E-state index is 13.1. The highest BCUT2D eigenvalue weighted by Crippen LogP contribution is 2.25. The van der Waals surface area contributed by atoms with Crippen LogP contribution in [0.2, 0.25) is 0 Å². The number of carbonyl (C=O) groups is 2. The van der Waals surface area contributed by atoms with E-state index in [2.05, 4.69) is 19.2 Å². The highest BCUT2D eigenvalue weighted by atomic mass is 32.2. The summed E-state index contributed by atoms with van der Waals surface area (Å²) >= 11 is 0. The molecule has 0 unspecified atom stereocenters. The molecule has 2 aromatic carbocycles. The van der Waals surface area contributed by atoms with Crippen molar-refractivity contribution in [2.75, 3.05) is 25.0 Å². The van der Waals surface area contributed by atoms with Crippen molar-refractivity contribution in [3.8, 4) is 0 Å². The Morgan fingerprint density at radius 3 is 2.22 bits per heavy atom. The Morgan fingerprint density at radius 1 is 1.06 bits per heavy atom. The van der Waals surface area contributed by atoms with E-state index in [9.17, 15) is 22.4 Å². The number of anilines is 1. The molecule has 9 heteroatoms. The molecule has 172 valence electrons. The van der Waals surface area contributed by atoms with Crippen LogP contribution < -0.4 is 5.32 Å². The zero-order valence-electron chi connectivity index (χ0n) is 18.1. The molecule has 0 bridgehead atoms. The summed E-state index contributed by atoms with van der Waals surface area (Å²) in [6.07, 6.45) is 0.578. The van der Waals surface area contributed by atoms with Crippen molar-refractivity contribution in [2.45, 2.75) is 37.5 Å². The summed E-state index contributed by atoms with van der Waals surface area (Å²) in [4.78, 5) is 24.4. The molecule has 0 saturated carbocycles. The lowest BCUT2D eigenvalue weighted by atomic mass is 9.98. The van der Waals surface area contributed by atoms with E-state index in [1.165, 1.54) is 16.4 Å². The van der Waals surface area contributed by atoms with Crippen LogP contribution in [0.3, 0.4) is 0 Å². The van der Waals surface area contributed by atoms with E-state index in [0.717, 1.165) is 17.7 Å². The number of benzene rings is 2. The SMILES string of the molecule is CC(C)c1ccc(NC(=O)COC(=O)C2CCN(S(=O)(=O)c3ccc(F)cc3)CC2)cc1. The second-order valence-electron chi connectivity index (χ2n) is 8.06. The maximum absolute atomic E-state index is 13.1.